The average molecular weight is 471 g/mol. The van der Waals surface area contributed by atoms with E-state index >= 15 is 0 Å². The Kier molecular flexibility index (Phi) is 8.33. The van der Waals surface area contributed by atoms with Crippen molar-refractivity contribution >= 4 is 34.2 Å². The van der Waals surface area contributed by atoms with Crippen LogP contribution in [-0.4, -0.2) is 33.6 Å². The Hall–Kier alpha value is -3.06. The molecule has 0 saturated carbocycles. The molecule has 2 amide bonds. The Balaban J connectivity index is 1.91. The molecule has 1 N–H and O–H groups in total. The molecule has 0 aliphatic carbocycles. The first kappa shape index (κ1) is 24.6. The fraction of sp³-hybridized carbons (Fsp3) is 0.400. The van der Waals surface area contributed by atoms with Crippen molar-refractivity contribution in [2.75, 3.05) is 18.5 Å². The summed E-state index contributed by atoms with van der Waals surface area (Å²) in [6, 6.07) is 11.6. The lowest BCUT2D eigenvalue weighted by Gasteiger charge is -2.30. The predicted octanol–water partition coefficient (Wildman–Crippen LogP) is 5.77. The van der Waals surface area contributed by atoms with Gasteiger partial charge in [-0.05, 0) is 62.7 Å². The van der Waals surface area contributed by atoms with Gasteiger partial charge in [-0.1, -0.05) is 31.4 Å². The number of halogens is 1. The van der Waals surface area contributed by atoms with Gasteiger partial charge in [0.2, 0.25) is 0 Å². The third-order valence-corrected chi connectivity index (χ3v) is 5.83. The molecule has 0 aliphatic rings. The molecule has 0 saturated heterocycles. The standard InChI is InChI=1S/C25H31ClN4O3/c1-5-7-8-15-30(25(32)27-19-10-12-20(13-11-19)33-6-2)17(3)23-28-22-16-18(26)9-14-21(22)24(31)29(23)4/h9-14,16-17H,5-8,15H2,1-4H3,(H,27,32). The Labute approximate surface area is 199 Å². The quantitative estimate of drug-likeness (QED) is 0.403. The Morgan fingerprint density at radius 1 is 1.18 bits per heavy atom. The van der Waals surface area contributed by atoms with E-state index in [-0.39, 0.29) is 11.6 Å². The summed E-state index contributed by atoms with van der Waals surface area (Å²) in [5.41, 5.74) is 1.02. The zero-order valence-electron chi connectivity index (χ0n) is 19.6. The maximum atomic E-state index is 13.3. The van der Waals surface area contributed by atoms with Gasteiger partial charge in [0.05, 0.1) is 23.6 Å². The number of rotatable bonds is 9. The minimum Gasteiger partial charge on any atom is -0.494 e. The van der Waals surface area contributed by atoms with Crippen molar-refractivity contribution in [1.29, 1.82) is 0 Å². The van der Waals surface area contributed by atoms with Gasteiger partial charge in [0, 0.05) is 24.3 Å². The number of aromatic nitrogens is 2. The number of ether oxygens (including phenoxy) is 1. The molecule has 0 spiro atoms. The van der Waals surface area contributed by atoms with Crippen molar-refractivity contribution in [2.24, 2.45) is 7.05 Å². The number of anilines is 1. The molecule has 1 aromatic heterocycles. The molecule has 8 heteroatoms. The van der Waals surface area contributed by atoms with Crippen molar-refractivity contribution in [3.63, 3.8) is 0 Å². The predicted molar refractivity (Wildman–Crippen MR) is 133 cm³/mol. The molecule has 33 heavy (non-hydrogen) atoms. The summed E-state index contributed by atoms with van der Waals surface area (Å²) in [6.07, 6.45) is 2.89. The van der Waals surface area contributed by atoms with E-state index in [1.165, 1.54) is 4.57 Å². The van der Waals surface area contributed by atoms with Crippen LogP contribution in [0.1, 0.15) is 51.9 Å². The number of amides is 2. The number of benzene rings is 2. The molecule has 0 fully saturated rings. The van der Waals surface area contributed by atoms with Crippen molar-refractivity contribution in [1.82, 2.24) is 14.5 Å². The SMILES string of the molecule is CCCCCN(C(=O)Nc1ccc(OCC)cc1)C(C)c1nc2cc(Cl)ccc2c(=O)n1C. The number of unbranched alkanes of at least 4 members (excludes halogenated alkanes) is 2. The first-order valence-electron chi connectivity index (χ1n) is 11.3. The van der Waals surface area contributed by atoms with E-state index in [0.717, 1.165) is 25.0 Å². The monoisotopic (exact) mass is 470 g/mol. The van der Waals surface area contributed by atoms with Crippen LogP contribution in [0.5, 0.6) is 5.75 Å². The number of carbonyl (C=O) groups excluding carboxylic acids is 1. The minimum absolute atomic E-state index is 0.168. The summed E-state index contributed by atoms with van der Waals surface area (Å²) in [5, 5.41) is 3.97. The van der Waals surface area contributed by atoms with Crippen molar-refractivity contribution in [3.8, 4) is 5.75 Å². The number of nitrogens with one attached hydrogen (secondary N) is 1. The summed E-state index contributed by atoms with van der Waals surface area (Å²) < 4.78 is 6.98. The molecule has 0 radical (unpaired) electrons. The van der Waals surface area contributed by atoms with Gasteiger partial charge in [-0.15, -0.1) is 0 Å². The zero-order chi connectivity index (χ0) is 24.0. The van der Waals surface area contributed by atoms with Gasteiger partial charge in [0.1, 0.15) is 11.6 Å². The largest absolute Gasteiger partial charge is 0.494 e. The summed E-state index contributed by atoms with van der Waals surface area (Å²) in [6.45, 7) is 7.06. The number of urea groups is 1. The van der Waals surface area contributed by atoms with E-state index in [1.54, 1.807) is 30.1 Å². The second kappa shape index (κ2) is 11.2. The number of hydrogen-bond acceptors (Lipinski definition) is 4. The summed E-state index contributed by atoms with van der Waals surface area (Å²) in [4.78, 5) is 32.7. The van der Waals surface area contributed by atoms with Crippen LogP contribution in [0.3, 0.4) is 0 Å². The van der Waals surface area contributed by atoms with Crippen LogP contribution in [0.15, 0.2) is 47.3 Å². The normalized spacial score (nSPS) is 11.9. The molecule has 1 atom stereocenters. The molecule has 7 nitrogen and oxygen atoms in total. The van der Waals surface area contributed by atoms with Crippen LogP contribution in [0.25, 0.3) is 10.9 Å². The van der Waals surface area contributed by atoms with Gasteiger partial charge in [-0.3, -0.25) is 9.36 Å². The van der Waals surface area contributed by atoms with Crippen LogP contribution >= 0.6 is 11.6 Å². The summed E-state index contributed by atoms with van der Waals surface area (Å²) >= 11 is 6.13. The maximum absolute atomic E-state index is 13.3. The fourth-order valence-electron chi connectivity index (χ4n) is 3.77. The Morgan fingerprint density at radius 2 is 1.91 bits per heavy atom. The highest BCUT2D eigenvalue weighted by molar-refractivity contribution is 6.31. The zero-order valence-corrected chi connectivity index (χ0v) is 20.4. The molecular weight excluding hydrogens is 440 g/mol. The van der Waals surface area contributed by atoms with Gasteiger partial charge in [0.25, 0.3) is 5.56 Å². The van der Waals surface area contributed by atoms with E-state index < -0.39 is 6.04 Å². The highest BCUT2D eigenvalue weighted by Crippen LogP contribution is 2.23. The average Bonchev–Trinajstić information content (AvgIpc) is 2.80. The molecule has 2 aromatic carbocycles. The lowest BCUT2D eigenvalue weighted by atomic mass is 10.2. The highest BCUT2D eigenvalue weighted by atomic mass is 35.5. The number of carbonyl (C=O) groups is 1. The van der Waals surface area contributed by atoms with Crippen molar-refractivity contribution in [3.05, 3.63) is 63.7 Å². The molecule has 0 bridgehead atoms. The first-order valence-corrected chi connectivity index (χ1v) is 11.7. The van der Waals surface area contributed by atoms with E-state index in [0.29, 0.717) is 40.6 Å². The number of hydrogen-bond donors (Lipinski definition) is 1. The second-order valence-electron chi connectivity index (χ2n) is 7.96. The second-order valence-corrected chi connectivity index (χ2v) is 8.40. The summed E-state index contributed by atoms with van der Waals surface area (Å²) in [5.74, 6) is 1.26. The van der Waals surface area contributed by atoms with Crippen LogP contribution in [0.4, 0.5) is 10.5 Å². The molecule has 0 aliphatic heterocycles. The third-order valence-electron chi connectivity index (χ3n) is 5.59. The van der Waals surface area contributed by atoms with E-state index in [9.17, 15) is 9.59 Å². The molecule has 3 aromatic rings. The van der Waals surface area contributed by atoms with Crippen molar-refractivity contribution in [2.45, 2.75) is 46.1 Å². The molecule has 176 valence electrons. The van der Waals surface area contributed by atoms with Gasteiger partial charge >= 0.3 is 6.03 Å². The summed E-state index contributed by atoms with van der Waals surface area (Å²) in [7, 11) is 1.68. The van der Waals surface area contributed by atoms with Gasteiger partial charge in [-0.2, -0.15) is 0 Å². The fourth-order valence-corrected chi connectivity index (χ4v) is 3.94. The Morgan fingerprint density at radius 3 is 2.58 bits per heavy atom. The molecular formula is C25H31ClN4O3. The first-order chi connectivity index (χ1) is 15.8. The van der Waals surface area contributed by atoms with Crippen LogP contribution in [0, 0.1) is 0 Å². The van der Waals surface area contributed by atoms with E-state index in [1.807, 2.05) is 38.1 Å². The molecule has 3 rings (SSSR count). The lowest BCUT2D eigenvalue weighted by Crippen LogP contribution is -2.40. The van der Waals surface area contributed by atoms with Crippen molar-refractivity contribution < 1.29 is 9.53 Å². The van der Waals surface area contributed by atoms with Crippen LogP contribution in [-0.2, 0) is 7.05 Å². The third kappa shape index (κ3) is 5.85. The van der Waals surface area contributed by atoms with E-state index in [4.69, 9.17) is 21.3 Å². The van der Waals surface area contributed by atoms with E-state index in [2.05, 4.69) is 12.2 Å². The van der Waals surface area contributed by atoms with Crippen LogP contribution in [0.2, 0.25) is 5.02 Å². The van der Waals surface area contributed by atoms with Gasteiger partial charge in [0.15, 0.2) is 0 Å². The molecule has 1 unspecified atom stereocenters. The number of fused-ring (bicyclic) bond motifs is 1. The molecule has 1 heterocycles. The van der Waals surface area contributed by atoms with Gasteiger partial charge in [-0.25, -0.2) is 9.78 Å². The Bertz CT molecular complexity index is 1160. The number of nitrogens with zero attached hydrogens (tertiary/aromatic N) is 3. The maximum Gasteiger partial charge on any atom is 0.322 e. The highest BCUT2D eigenvalue weighted by Gasteiger charge is 2.25. The minimum atomic E-state index is -0.425. The van der Waals surface area contributed by atoms with Crippen LogP contribution < -0.4 is 15.6 Å². The topological polar surface area (TPSA) is 76.5 Å². The smallest absolute Gasteiger partial charge is 0.322 e. The lowest BCUT2D eigenvalue weighted by molar-refractivity contribution is 0.187. The van der Waals surface area contributed by atoms with Gasteiger partial charge < -0.3 is 15.0 Å².